The zero-order valence-electron chi connectivity index (χ0n) is 26.3. The second-order valence-corrected chi connectivity index (χ2v) is 12.2. The summed E-state index contributed by atoms with van der Waals surface area (Å²) in [5.41, 5.74) is 10.4. The predicted octanol–water partition coefficient (Wildman–Crippen LogP) is 5.91. The lowest BCUT2D eigenvalue weighted by atomic mass is 9.94. The number of carbonyl (C=O) groups is 1. The number of nitrogens with zero attached hydrogens (tertiary/aromatic N) is 4. The van der Waals surface area contributed by atoms with E-state index in [4.69, 9.17) is 14.9 Å². The molecule has 2 saturated heterocycles. The number of hydrogen-bond acceptors (Lipinski definition) is 8. The van der Waals surface area contributed by atoms with Crippen molar-refractivity contribution in [3.05, 3.63) is 89.3 Å². The van der Waals surface area contributed by atoms with E-state index in [9.17, 15) is 10.1 Å². The fourth-order valence-corrected chi connectivity index (χ4v) is 6.28. The average molecular weight is 615 g/mol. The Morgan fingerprint density at radius 2 is 1.91 bits per heavy atom. The number of benzene rings is 3. The molecule has 0 radical (unpaired) electrons. The lowest BCUT2D eigenvalue weighted by Crippen LogP contribution is -2.35. The van der Waals surface area contributed by atoms with E-state index in [2.05, 4.69) is 33.4 Å². The summed E-state index contributed by atoms with van der Waals surface area (Å²) >= 11 is 0. The van der Waals surface area contributed by atoms with Crippen LogP contribution in [-0.4, -0.2) is 52.8 Å². The van der Waals surface area contributed by atoms with E-state index in [-0.39, 0.29) is 23.9 Å². The maximum atomic E-state index is 14.0. The van der Waals surface area contributed by atoms with Crippen LogP contribution in [0.1, 0.15) is 66.9 Å². The van der Waals surface area contributed by atoms with E-state index in [0.29, 0.717) is 58.9 Å². The van der Waals surface area contributed by atoms with Gasteiger partial charge in [-0.1, -0.05) is 48.4 Å². The highest BCUT2D eigenvalue weighted by atomic mass is 16.5. The van der Waals surface area contributed by atoms with Gasteiger partial charge in [-0.15, -0.1) is 16.1 Å². The topological polar surface area (TPSA) is 130 Å². The molecule has 3 heterocycles. The van der Waals surface area contributed by atoms with Crippen molar-refractivity contribution >= 4 is 11.6 Å². The van der Waals surface area contributed by atoms with Gasteiger partial charge >= 0.3 is 0 Å². The quantitative estimate of drug-likeness (QED) is 0.223. The number of ether oxygens (including phenoxy) is 1. The molecule has 1 amide bonds. The van der Waals surface area contributed by atoms with Crippen molar-refractivity contribution in [3.8, 4) is 40.5 Å². The summed E-state index contributed by atoms with van der Waals surface area (Å²) in [6.45, 7) is 5.65. The summed E-state index contributed by atoms with van der Waals surface area (Å²) in [5, 5.41) is 22.4. The van der Waals surface area contributed by atoms with Crippen molar-refractivity contribution in [2.24, 2.45) is 5.73 Å². The van der Waals surface area contributed by atoms with E-state index in [1.807, 2.05) is 72.5 Å². The third-order valence-electron chi connectivity index (χ3n) is 8.61. The molecule has 2 aliphatic rings. The highest BCUT2D eigenvalue weighted by Gasteiger charge is 2.31. The zero-order valence-corrected chi connectivity index (χ0v) is 26.3. The Balaban J connectivity index is 1.39. The summed E-state index contributed by atoms with van der Waals surface area (Å²) in [4.78, 5) is 15.8. The van der Waals surface area contributed by atoms with Gasteiger partial charge in [0.15, 0.2) is 0 Å². The first-order chi connectivity index (χ1) is 22.4. The summed E-state index contributed by atoms with van der Waals surface area (Å²) < 4.78 is 12.0. The van der Waals surface area contributed by atoms with Crippen LogP contribution in [0.15, 0.2) is 71.1 Å². The van der Waals surface area contributed by atoms with Gasteiger partial charge in [0.2, 0.25) is 11.8 Å². The second kappa shape index (κ2) is 13.6. The van der Waals surface area contributed by atoms with Crippen LogP contribution in [0.3, 0.4) is 0 Å². The zero-order chi connectivity index (χ0) is 32.1. The Morgan fingerprint density at radius 1 is 1.09 bits per heavy atom. The molecule has 0 spiro atoms. The summed E-state index contributed by atoms with van der Waals surface area (Å²) in [5.74, 6) is 6.55. The molecule has 9 heteroatoms. The molecule has 234 valence electrons. The minimum absolute atomic E-state index is 0.115. The summed E-state index contributed by atoms with van der Waals surface area (Å²) in [6.07, 6.45) is 4.37. The first-order valence-electron chi connectivity index (χ1n) is 15.8. The van der Waals surface area contributed by atoms with Gasteiger partial charge in [0, 0.05) is 36.4 Å². The van der Waals surface area contributed by atoms with E-state index >= 15 is 0 Å². The monoisotopic (exact) mass is 614 g/mol. The normalized spacial score (nSPS) is 18.8. The summed E-state index contributed by atoms with van der Waals surface area (Å²) in [7, 11) is 0. The third-order valence-corrected chi connectivity index (χ3v) is 8.61. The van der Waals surface area contributed by atoms with Crippen LogP contribution in [0.25, 0.3) is 22.6 Å². The lowest BCUT2D eigenvalue weighted by Gasteiger charge is -2.22. The number of carbonyl (C=O) groups excluding carboxylic acids is 1. The number of nitrogens with one attached hydrogen (secondary N) is 1. The molecule has 3 N–H and O–H groups in total. The molecular formula is C37H38N6O3. The molecule has 2 fully saturated rings. The SMILES string of the molecule is CC#CC1CCCN1C(=O)c1cc(-c2nnc([C@](C)(N)Cc3ccccc3)o2)cc(-c2cccc(NCC3CCCO3)c2C#N)c1. The van der Waals surface area contributed by atoms with Crippen molar-refractivity contribution in [1.82, 2.24) is 15.1 Å². The van der Waals surface area contributed by atoms with Gasteiger partial charge in [0.05, 0.1) is 28.9 Å². The van der Waals surface area contributed by atoms with Gasteiger partial charge in [-0.2, -0.15) is 5.26 Å². The molecule has 3 aromatic carbocycles. The number of anilines is 1. The summed E-state index contributed by atoms with van der Waals surface area (Å²) in [6, 6.07) is 23.3. The van der Waals surface area contributed by atoms with Gasteiger partial charge in [0.1, 0.15) is 6.07 Å². The molecule has 4 aromatic rings. The van der Waals surface area contributed by atoms with Crippen LogP contribution < -0.4 is 11.1 Å². The predicted molar refractivity (Wildman–Crippen MR) is 177 cm³/mol. The maximum Gasteiger partial charge on any atom is 0.254 e. The molecule has 3 atom stereocenters. The number of rotatable bonds is 9. The Bertz CT molecular complexity index is 1810. The van der Waals surface area contributed by atoms with Crippen LogP contribution in [0.2, 0.25) is 0 Å². The molecule has 2 aliphatic heterocycles. The Kier molecular flexibility index (Phi) is 9.16. The third kappa shape index (κ3) is 6.67. The fraction of sp³-hybridized carbons (Fsp3) is 0.351. The largest absolute Gasteiger partial charge is 0.419 e. The van der Waals surface area contributed by atoms with Crippen LogP contribution in [0.5, 0.6) is 0 Å². The molecule has 0 bridgehead atoms. The second-order valence-electron chi connectivity index (χ2n) is 12.2. The molecule has 1 aromatic heterocycles. The van der Waals surface area contributed by atoms with Crippen molar-refractivity contribution in [2.75, 3.05) is 25.0 Å². The average Bonchev–Trinajstić information content (AvgIpc) is 3.86. The smallest absolute Gasteiger partial charge is 0.254 e. The molecule has 0 aliphatic carbocycles. The number of nitrogens with two attached hydrogens (primary N) is 1. The first-order valence-corrected chi connectivity index (χ1v) is 15.8. The molecule has 2 unspecified atom stereocenters. The minimum Gasteiger partial charge on any atom is -0.419 e. The van der Waals surface area contributed by atoms with Crippen molar-refractivity contribution < 1.29 is 13.9 Å². The van der Waals surface area contributed by atoms with Gasteiger partial charge in [-0.3, -0.25) is 4.79 Å². The standard InChI is InChI=1S/C37H38N6O3/c1-3-10-29-13-8-17-43(29)35(44)28-20-26(31-15-7-16-33(32(31)23-38)40-24-30-14-9-18-45-30)19-27(21-28)34-41-42-36(46-34)37(2,39)22-25-11-5-4-6-12-25/h4-7,11-12,15-16,19-21,29-30,40H,8-9,13-14,17-18,22,24,39H2,1-2H3/t29?,30?,37-/m1/s1. The van der Waals surface area contributed by atoms with Crippen LogP contribution in [0.4, 0.5) is 5.69 Å². The molecule has 9 nitrogen and oxygen atoms in total. The van der Waals surface area contributed by atoms with Crippen LogP contribution >= 0.6 is 0 Å². The number of hydrogen-bond donors (Lipinski definition) is 2. The van der Waals surface area contributed by atoms with E-state index in [1.165, 1.54) is 0 Å². The molecule has 46 heavy (non-hydrogen) atoms. The van der Waals surface area contributed by atoms with Crippen LogP contribution in [-0.2, 0) is 16.7 Å². The maximum absolute atomic E-state index is 14.0. The number of nitriles is 1. The lowest BCUT2D eigenvalue weighted by molar-refractivity contribution is 0.0766. The van der Waals surface area contributed by atoms with E-state index in [1.54, 1.807) is 13.0 Å². The number of amides is 1. The Hall–Kier alpha value is -4.96. The Labute approximate surface area is 269 Å². The highest BCUT2D eigenvalue weighted by molar-refractivity contribution is 5.98. The fourth-order valence-electron chi connectivity index (χ4n) is 6.28. The van der Waals surface area contributed by atoms with Crippen molar-refractivity contribution in [2.45, 2.75) is 63.6 Å². The minimum atomic E-state index is -0.915. The first kappa shape index (κ1) is 31.0. The van der Waals surface area contributed by atoms with Crippen LogP contribution in [0, 0.1) is 23.2 Å². The van der Waals surface area contributed by atoms with Gasteiger partial charge in [-0.05, 0) is 81.3 Å². The molecular weight excluding hydrogens is 576 g/mol. The highest BCUT2D eigenvalue weighted by Crippen LogP contribution is 2.35. The number of likely N-dealkylation sites (tertiary alicyclic amines) is 1. The van der Waals surface area contributed by atoms with Gasteiger partial charge < -0.3 is 25.1 Å². The molecule has 6 rings (SSSR count). The van der Waals surface area contributed by atoms with E-state index < -0.39 is 5.54 Å². The molecule has 0 saturated carbocycles. The Morgan fingerprint density at radius 3 is 2.67 bits per heavy atom. The van der Waals surface area contributed by atoms with Gasteiger partial charge in [-0.25, -0.2) is 0 Å². The van der Waals surface area contributed by atoms with Crippen molar-refractivity contribution in [3.63, 3.8) is 0 Å². The van der Waals surface area contributed by atoms with E-state index in [0.717, 1.165) is 37.9 Å². The number of aromatic nitrogens is 2. The van der Waals surface area contributed by atoms with Gasteiger partial charge in [0.25, 0.3) is 5.91 Å². The van der Waals surface area contributed by atoms with Crippen molar-refractivity contribution in [1.29, 1.82) is 5.26 Å².